The highest BCUT2D eigenvalue weighted by molar-refractivity contribution is 8.76. The maximum atomic E-state index is 13.0. The smallest absolute Gasteiger partial charge is 0.266 e. The Morgan fingerprint density at radius 3 is 1.21 bits per heavy atom. The predicted molar refractivity (Wildman–Crippen MR) is 163 cm³/mol. The third kappa shape index (κ3) is 7.59. The molecule has 0 aliphatic carbocycles. The van der Waals surface area contributed by atoms with Crippen molar-refractivity contribution in [3.63, 3.8) is 0 Å². The zero-order valence-electron chi connectivity index (χ0n) is 21.9. The number of amides is 2. The van der Waals surface area contributed by atoms with Gasteiger partial charge in [0.25, 0.3) is 31.9 Å². The standard InChI is InChI=1S/C28H26N4O6S4/c29-17-19-9-13-21(14-10-19)41(35,36)31-27(33)23-5-1-3-7-25(23)39-40-26-8-4-2-6-24(26)28(34)32-42(37,38)22-15-11-20(18-30)12-16-22/h1-16H,17-18,29-30H2,(H,31,33)(H,32,34). The minimum absolute atomic E-state index is 0.0854. The molecule has 0 aliphatic rings. The lowest BCUT2D eigenvalue weighted by atomic mass is 10.2. The average Bonchev–Trinajstić information content (AvgIpc) is 3.00. The third-order valence-electron chi connectivity index (χ3n) is 5.88. The molecule has 42 heavy (non-hydrogen) atoms. The molecule has 2 amide bonds. The maximum Gasteiger partial charge on any atom is 0.266 e. The second kappa shape index (κ2) is 13.5. The first-order valence-corrected chi connectivity index (χ1v) is 17.4. The van der Waals surface area contributed by atoms with Gasteiger partial charge in [0.15, 0.2) is 0 Å². The molecule has 0 aliphatic heterocycles. The molecule has 0 heterocycles. The third-order valence-corrected chi connectivity index (χ3v) is 11.1. The molecule has 0 aromatic heterocycles. The number of sulfonamides is 2. The summed E-state index contributed by atoms with van der Waals surface area (Å²) in [4.78, 5) is 26.7. The van der Waals surface area contributed by atoms with Crippen LogP contribution in [0.25, 0.3) is 0 Å². The van der Waals surface area contributed by atoms with E-state index in [0.717, 1.165) is 32.7 Å². The summed E-state index contributed by atoms with van der Waals surface area (Å²) in [5.74, 6) is -1.67. The minimum Gasteiger partial charge on any atom is -0.326 e. The summed E-state index contributed by atoms with van der Waals surface area (Å²) >= 11 is 0. The summed E-state index contributed by atoms with van der Waals surface area (Å²) in [6, 6.07) is 24.5. The van der Waals surface area contributed by atoms with Crippen molar-refractivity contribution in [3.05, 3.63) is 119 Å². The first-order valence-electron chi connectivity index (χ1n) is 12.3. The van der Waals surface area contributed by atoms with E-state index in [1.807, 2.05) is 0 Å². The monoisotopic (exact) mass is 642 g/mol. The van der Waals surface area contributed by atoms with Gasteiger partial charge < -0.3 is 11.5 Å². The maximum absolute atomic E-state index is 13.0. The number of hydrogen-bond donors (Lipinski definition) is 4. The fraction of sp³-hybridized carbons (Fsp3) is 0.0714. The van der Waals surface area contributed by atoms with Crippen LogP contribution in [-0.4, -0.2) is 28.6 Å². The van der Waals surface area contributed by atoms with E-state index >= 15 is 0 Å². The number of carbonyl (C=O) groups is 2. The molecular weight excluding hydrogens is 617 g/mol. The first-order chi connectivity index (χ1) is 20.0. The van der Waals surface area contributed by atoms with Crippen LogP contribution in [0.15, 0.2) is 117 Å². The summed E-state index contributed by atoms with van der Waals surface area (Å²) in [6.45, 7) is 0.497. The highest BCUT2D eigenvalue weighted by Crippen LogP contribution is 2.40. The van der Waals surface area contributed by atoms with Gasteiger partial charge in [-0.15, -0.1) is 0 Å². The van der Waals surface area contributed by atoms with Crippen LogP contribution in [0.2, 0.25) is 0 Å². The quantitative estimate of drug-likeness (QED) is 0.177. The Labute approximate surface area is 251 Å². The fourth-order valence-corrected chi connectivity index (χ4v) is 7.92. The van der Waals surface area contributed by atoms with Gasteiger partial charge in [-0.05, 0) is 59.7 Å². The van der Waals surface area contributed by atoms with Crippen LogP contribution in [0.5, 0.6) is 0 Å². The van der Waals surface area contributed by atoms with Crippen molar-refractivity contribution in [2.75, 3.05) is 0 Å². The second-order valence-electron chi connectivity index (χ2n) is 8.72. The van der Waals surface area contributed by atoms with Crippen molar-refractivity contribution >= 4 is 53.4 Å². The summed E-state index contributed by atoms with van der Waals surface area (Å²) in [7, 11) is -6.08. The van der Waals surface area contributed by atoms with Crippen LogP contribution in [-0.2, 0) is 33.1 Å². The highest BCUT2D eigenvalue weighted by atomic mass is 33.1. The van der Waals surface area contributed by atoms with Crippen LogP contribution in [0, 0.1) is 0 Å². The number of nitrogens with two attached hydrogens (primary N) is 2. The summed E-state index contributed by atoms with van der Waals surface area (Å²) in [5.41, 5.74) is 12.8. The number of hydrogen-bond acceptors (Lipinski definition) is 10. The molecule has 4 aromatic carbocycles. The lowest BCUT2D eigenvalue weighted by molar-refractivity contribution is 0.0969. The van der Waals surface area contributed by atoms with Crippen LogP contribution in [0.1, 0.15) is 31.8 Å². The molecule has 0 bridgehead atoms. The second-order valence-corrected chi connectivity index (χ2v) is 14.3. The minimum atomic E-state index is -4.15. The number of rotatable bonds is 11. The Bertz CT molecular complexity index is 1680. The van der Waals surface area contributed by atoms with Gasteiger partial charge in [0.2, 0.25) is 0 Å². The van der Waals surface area contributed by atoms with Gasteiger partial charge in [-0.2, -0.15) is 0 Å². The van der Waals surface area contributed by atoms with E-state index < -0.39 is 31.9 Å². The molecule has 4 rings (SSSR count). The number of carbonyl (C=O) groups excluding carboxylic acids is 2. The summed E-state index contributed by atoms with van der Waals surface area (Å²) in [6.07, 6.45) is 0. The molecule has 218 valence electrons. The molecule has 0 saturated heterocycles. The van der Waals surface area contributed by atoms with Crippen molar-refractivity contribution in [1.29, 1.82) is 0 Å². The molecule has 10 nitrogen and oxygen atoms in total. The van der Waals surface area contributed by atoms with Crippen molar-refractivity contribution in [3.8, 4) is 0 Å². The van der Waals surface area contributed by atoms with E-state index in [1.165, 1.54) is 36.4 Å². The predicted octanol–water partition coefficient (Wildman–Crippen LogP) is 3.64. The van der Waals surface area contributed by atoms with E-state index in [0.29, 0.717) is 9.79 Å². The molecule has 0 atom stereocenters. The largest absolute Gasteiger partial charge is 0.326 e. The van der Waals surface area contributed by atoms with Crippen molar-refractivity contribution in [2.24, 2.45) is 11.5 Å². The zero-order chi connectivity index (χ0) is 30.3. The highest BCUT2D eigenvalue weighted by Gasteiger charge is 2.23. The summed E-state index contributed by atoms with van der Waals surface area (Å²) < 4.78 is 55.4. The van der Waals surface area contributed by atoms with Crippen LogP contribution < -0.4 is 20.9 Å². The van der Waals surface area contributed by atoms with Crippen LogP contribution in [0.3, 0.4) is 0 Å². The van der Waals surface area contributed by atoms with Gasteiger partial charge in [0.05, 0.1) is 20.9 Å². The Balaban J connectivity index is 1.49. The van der Waals surface area contributed by atoms with Gasteiger partial charge in [0, 0.05) is 22.9 Å². The first kappa shape index (κ1) is 31.3. The number of nitrogens with one attached hydrogen (secondary N) is 2. The van der Waals surface area contributed by atoms with Crippen molar-refractivity contribution in [1.82, 2.24) is 9.44 Å². The van der Waals surface area contributed by atoms with Crippen LogP contribution in [0.4, 0.5) is 0 Å². The Hall–Kier alpha value is -3.66. The van der Waals surface area contributed by atoms with E-state index in [2.05, 4.69) is 9.44 Å². The molecule has 6 N–H and O–H groups in total. The molecule has 0 unspecified atom stereocenters. The van der Waals surface area contributed by atoms with E-state index in [9.17, 15) is 26.4 Å². The lowest BCUT2D eigenvalue weighted by Gasteiger charge is -2.12. The molecule has 0 fully saturated rings. The normalized spacial score (nSPS) is 11.6. The van der Waals surface area contributed by atoms with E-state index in [1.54, 1.807) is 60.7 Å². The molecule has 0 radical (unpaired) electrons. The van der Waals surface area contributed by atoms with Crippen molar-refractivity contribution in [2.45, 2.75) is 32.7 Å². The number of benzene rings is 4. The molecule has 0 saturated carbocycles. The van der Waals surface area contributed by atoms with Gasteiger partial charge >= 0.3 is 0 Å². The lowest BCUT2D eigenvalue weighted by Crippen LogP contribution is -2.31. The van der Waals surface area contributed by atoms with Crippen molar-refractivity contribution < 1.29 is 26.4 Å². The zero-order valence-corrected chi connectivity index (χ0v) is 25.2. The summed E-state index contributed by atoms with van der Waals surface area (Å²) in [5, 5.41) is 0. The molecule has 0 spiro atoms. The Morgan fingerprint density at radius 2 is 0.881 bits per heavy atom. The van der Waals surface area contributed by atoms with E-state index in [-0.39, 0.29) is 34.0 Å². The van der Waals surface area contributed by atoms with E-state index in [4.69, 9.17) is 11.5 Å². The Kier molecular flexibility index (Phi) is 10.1. The van der Waals surface area contributed by atoms with Gasteiger partial charge in [-0.25, -0.2) is 26.3 Å². The van der Waals surface area contributed by atoms with Gasteiger partial charge in [0.1, 0.15) is 0 Å². The van der Waals surface area contributed by atoms with Gasteiger partial charge in [-0.1, -0.05) is 70.1 Å². The fourth-order valence-electron chi connectivity index (χ4n) is 3.62. The average molecular weight is 643 g/mol. The Morgan fingerprint density at radius 1 is 0.548 bits per heavy atom. The molecule has 4 aromatic rings. The van der Waals surface area contributed by atoms with Crippen LogP contribution >= 0.6 is 21.6 Å². The molecule has 14 heteroatoms. The SMILES string of the molecule is NCc1ccc(S(=O)(=O)NC(=O)c2ccccc2SSc2ccccc2C(=O)NS(=O)(=O)c2ccc(CN)cc2)cc1. The topological polar surface area (TPSA) is 179 Å². The van der Waals surface area contributed by atoms with Gasteiger partial charge in [-0.3, -0.25) is 9.59 Å². The molecular formula is C28H26N4O6S4.